The van der Waals surface area contributed by atoms with E-state index < -0.39 is 59.7 Å². The van der Waals surface area contributed by atoms with Crippen LogP contribution in [0.1, 0.15) is 80.2 Å². The zero-order chi connectivity index (χ0) is 32.4. The van der Waals surface area contributed by atoms with Crippen LogP contribution in [0.4, 0.5) is 0 Å². The molecule has 5 amide bonds. The first-order valence-corrected chi connectivity index (χ1v) is 15.6. The van der Waals surface area contributed by atoms with E-state index in [2.05, 4.69) is 21.3 Å². The number of nitrogens with one attached hydrogen (secondary N) is 4. The molecular formula is C33H53N5O5. The minimum Gasteiger partial charge on any atom is -0.343 e. The molecule has 1 aromatic rings. The first kappa shape index (κ1) is 35.8. The van der Waals surface area contributed by atoms with Crippen molar-refractivity contribution in [3.05, 3.63) is 35.9 Å². The van der Waals surface area contributed by atoms with Gasteiger partial charge in [-0.25, -0.2) is 0 Å². The van der Waals surface area contributed by atoms with E-state index in [4.69, 9.17) is 0 Å². The second-order valence-electron chi connectivity index (χ2n) is 13.5. The molecule has 43 heavy (non-hydrogen) atoms. The summed E-state index contributed by atoms with van der Waals surface area (Å²) >= 11 is 0. The van der Waals surface area contributed by atoms with Crippen molar-refractivity contribution in [2.45, 2.75) is 111 Å². The van der Waals surface area contributed by atoms with Gasteiger partial charge in [0.2, 0.25) is 29.5 Å². The summed E-state index contributed by atoms with van der Waals surface area (Å²) in [6, 6.07) is 4.71. The van der Waals surface area contributed by atoms with E-state index in [1.54, 1.807) is 7.05 Å². The molecule has 1 saturated heterocycles. The van der Waals surface area contributed by atoms with Gasteiger partial charge in [0.05, 0.1) is 0 Å². The van der Waals surface area contributed by atoms with Crippen LogP contribution in [0.15, 0.2) is 30.3 Å². The van der Waals surface area contributed by atoms with E-state index in [9.17, 15) is 24.0 Å². The number of benzene rings is 1. The highest BCUT2D eigenvalue weighted by atomic mass is 16.2. The number of likely N-dealkylation sites (N-methyl/N-ethyl adjacent to an activating group) is 1. The molecule has 1 fully saturated rings. The Hall–Kier alpha value is -3.43. The Morgan fingerprint density at radius 3 is 1.51 bits per heavy atom. The predicted molar refractivity (Wildman–Crippen MR) is 168 cm³/mol. The summed E-state index contributed by atoms with van der Waals surface area (Å²) in [5.74, 6) is -2.42. The summed E-state index contributed by atoms with van der Waals surface area (Å²) in [6.07, 6.45) is 1.25. The lowest BCUT2D eigenvalue weighted by Crippen LogP contribution is -2.59. The highest BCUT2D eigenvalue weighted by Gasteiger charge is 2.38. The van der Waals surface area contributed by atoms with E-state index in [1.165, 1.54) is 4.90 Å². The Morgan fingerprint density at radius 1 is 0.605 bits per heavy atom. The first-order chi connectivity index (χ1) is 20.1. The van der Waals surface area contributed by atoms with Crippen LogP contribution in [0, 0.1) is 23.7 Å². The molecule has 0 bridgehead atoms. The van der Waals surface area contributed by atoms with Crippen LogP contribution in [0.5, 0.6) is 0 Å². The van der Waals surface area contributed by atoms with Gasteiger partial charge in [-0.15, -0.1) is 0 Å². The second kappa shape index (κ2) is 16.4. The lowest BCUT2D eigenvalue weighted by molar-refractivity contribution is -0.144. The average molecular weight is 600 g/mol. The van der Waals surface area contributed by atoms with Gasteiger partial charge in [-0.05, 0) is 48.5 Å². The number of carbonyl (C=O) groups excluding carboxylic acids is 5. The third-order valence-electron chi connectivity index (χ3n) is 7.64. The Bertz CT molecular complexity index is 1100. The standard InChI is InChI=1S/C33H53N5O5/c1-19(2)15-24-29(39)35-25(16-20(3)4)31(41)37-28(22(7)8)33(43)38(9)27(17-21(5)6)32(42)36-26(30(40)34-24)18-23-13-11-10-12-14-23/h10-14,19-22,24-28H,15-18H2,1-9H3,(H,34,40)(H,35,39)(H,36,42)(H,37,41)/t24-,25-,26-,27+,28-/m0/s1. The summed E-state index contributed by atoms with van der Waals surface area (Å²) < 4.78 is 0. The highest BCUT2D eigenvalue weighted by molar-refractivity contribution is 5.98. The second-order valence-corrected chi connectivity index (χ2v) is 13.5. The van der Waals surface area contributed by atoms with Gasteiger partial charge in [0.25, 0.3) is 0 Å². The molecule has 10 heteroatoms. The molecule has 2 rings (SSSR count). The molecule has 0 aliphatic carbocycles. The molecular weight excluding hydrogens is 546 g/mol. The van der Waals surface area contributed by atoms with Crippen molar-refractivity contribution >= 4 is 29.5 Å². The summed E-state index contributed by atoms with van der Waals surface area (Å²) in [7, 11) is 1.56. The van der Waals surface area contributed by atoms with E-state index in [-0.39, 0.29) is 30.1 Å². The Labute approximate surface area is 257 Å². The van der Waals surface area contributed by atoms with Gasteiger partial charge in [0, 0.05) is 13.5 Å². The third kappa shape index (κ3) is 11.0. The van der Waals surface area contributed by atoms with Crippen LogP contribution in [0.3, 0.4) is 0 Å². The van der Waals surface area contributed by atoms with Gasteiger partial charge in [-0.3, -0.25) is 24.0 Å². The van der Waals surface area contributed by atoms with Crippen molar-refractivity contribution in [3.63, 3.8) is 0 Å². The molecule has 1 heterocycles. The van der Waals surface area contributed by atoms with Crippen LogP contribution < -0.4 is 21.3 Å². The quantitative estimate of drug-likeness (QED) is 0.346. The average Bonchev–Trinajstić information content (AvgIpc) is 2.91. The van der Waals surface area contributed by atoms with Gasteiger partial charge < -0.3 is 26.2 Å². The zero-order valence-electron chi connectivity index (χ0n) is 27.4. The normalized spacial score (nSPS) is 24.9. The van der Waals surface area contributed by atoms with E-state index >= 15 is 0 Å². The molecule has 0 saturated carbocycles. The van der Waals surface area contributed by atoms with Crippen molar-refractivity contribution in [3.8, 4) is 0 Å². The van der Waals surface area contributed by atoms with Gasteiger partial charge in [0.1, 0.15) is 30.2 Å². The van der Waals surface area contributed by atoms with Crippen LogP contribution in [-0.4, -0.2) is 71.7 Å². The molecule has 5 atom stereocenters. The molecule has 1 aliphatic heterocycles. The monoisotopic (exact) mass is 599 g/mol. The van der Waals surface area contributed by atoms with Crippen LogP contribution in [0.2, 0.25) is 0 Å². The van der Waals surface area contributed by atoms with Gasteiger partial charge in [-0.2, -0.15) is 0 Å². The summed E-state index contributed by atoms with van der Waals surface area (Å²) in [6.45, 7) is 15.4. The van der Waals surface area contributed by atoms with Gasteiger partial charge in [0.15, 0.2) is 0 Å². The molecule has 0 radical (unpaired) electrons. The fourth-order valence-corrected chi connectivity index (χ4v) is 5.31. The van der Waals surface area contributed by atoms with E-state index in [1.807, 2.05) is 85.7 Å². The molecule has 10 nitrogen and oxygen atoms in total. The largest absolute Gasteiger partial charge is 0.343 e. The molecule has 0 spiro atoms. The van der Waals surface area contributed by atoms with E-state index in [0.29, 0.717) is 19.3 Å². The first-order valence-electron chi connectivity index (χ1n) is 15.6. The molecule has 4 N–H and O–H groups in total. The molecule has 1 aromatic carbocycles. The summed E-state index contributed by atoms with van der Waals surface area (Å²) in [5, 5.41) is 11.5. The minimum absolute atomic E-state index is 0.0599. The zero-order valence-corrected chi connectivity index (χ0v) is 27.4. The summed E-state index contributed by atoms with van der Waals surface area (Å²) in [4.78, 5) is 70.2. The molecule has 1 aliphatic rings. The topological polar surface area (TPSA) is 137 Å². The fourth-order valence-electron chi connectivity index (χ4n) is 5.31. The Morgan fingerprint density at radius 2 is 1.05 bits per heavy atom. The van der Waals surface area contributed by atoms with Crippen LogP contribution in [-0.2, 0) is 30.4 Å². The predicted octanol–water partition coefficient (Wildman–Crippen LogP) is 2.80. The number of amides is 5. The maximum Gasteiger partial charge on any atom is 0.245 e. The van der Waals surface area contributed by atoms with Crippen molar-refractivity contribution in [2.75, 3.05) is 7.05 Å². The van der Waals surface area contributed by atoms with Crippen molar-refractivity contribution < 1.29 is 24.0 Å². The third-order valence-corrected chi connectivity index (χ3v) is 7.64. The highest BCUT2D eigenvalue weighted by Crippen LogP contribution is 2.17. The number of rotatable bonds is 9. The lowest BCUT2D eigenvalue weighted by atomic mass is 9.97. The number of hydrogen-bond donors (Lipinski definition) is 4. The van der Waals surface area contributed by atoms with Crippen LogP contribution >= 0.6 is 0 Å². The maximum absolute atomic E-state index is 13.9. The summed E-state index contributed by atoms with van der Waals surface area (Å²) in [5.41, 5.74) is 0.835. The lowest BCUT2D eigenvalue weighted by Gasteiger charge is -2.34. The van der Waals surface area contributed by atoms with Gasteiger partial charge >= 0.3 is 0 Å². The van der Waals surface area contributed by atoms with Crippen LogP contribution in [0.25, 0.3) is 0 Å². The smallest absolute Gasteiger partial charge is 0.245 e. The molecule has 0 aromatic heterocycles. The number of hydrogen-bond acceptors (Lipinski definition) is 5. The molecule has 0 unspecified atom stereocenters. The maximum atomic E-state index is 13.9. The minimum atomic E-state index is -0.993. The van der Waals surface area contributed by atoms with Crippen molar-refractivity contribution in [2.24, 2.45) is 23.7 Å². The molecule has 240 valence electrons. The Kier molecular flexibility index (Phi) is 13.7. The fraction of sp³-hybridized carbons (Fsp3) is 0.667. The SMILES string of the molecule is CC(C)C[C@@H]1NC(=O)[C@H](Cc2ccccc2)NC(=O)[C@@H](CC(C)C)N(C)C(=O)[C@H](C(C)C)NC(=O)[C@H](CC(C)C)NC1=O. The number of carbonyl (C=O) groups is 5. The van der Waals surface area contributed by atoms with E-state index in [0.717, 1.165) is 5.56 Å². The Balaban J connectivity index is 2.65. The van der Waals surface area contributed by atoms with Crippen molar-refractivity contribution in [1.29, 1.82) is 0 Å². The van der Waals surface area contributed by atoms with Gasteiger partial charge in [-0.1, -0.05) is 85.7 Å². The van der Waals surface area contributed by atoms with Crippen molar-refractivity contribution in [1.82, 2.24) is 26.2 Å². The number of nitrogens with zero attached hydrogens (tertiary/aromatic N) is 1.